The smallest absolute Gasteiger partial charge is 0.122 e. The summed E-state index contributed by atoms with van der Waals surface area (Å²) in [5, 5.41) is 14.5. The first-order valence-corrected chi connectivity index (χ1v) is 7.99. The zero-order valence-electron chi connectivity index (χ0n) is 13.6. The summed E-state index contributed by atoms with van der Waals surface area (Å²) in [4.78, 5) is 0. The van der Waals surface area contributed by atoms with Crippen molar-refractivity contribution in [1.29, 1.82) is 10.8 Å². The minimum Gasteiger partial charge on any atom is -0.494 e. The molecule has 0 unspecified atom stereocenters. The quantitative estimate of drug-likeness (QED) is 0.354. The maximum atomic E-state index is 7.34. The van der Waals surface area contributed by atoms with Gasteiger partial charge in [-0.2, -0.15) is 0 Å². The van der Waals surface area contributed by atoms with E-state index in [0.29, 0.717) is 18.8 Å². The molecule has 0 radical (unpaired) electrons. The molecule has 0 bridgehead atoms. The first-order valence-electron chi connectivity index (χ1n) is 7.99. The number of nitrogen functional groups attached to an aromatic ring is 1. The van der Waals surface area contributed by atoms with Gasteiger partial charge in [-0.15, -0.1) is 0 Å². The van der Waals surface area contributed by atoms with Gasteiger partial charge in [0.05, 0.1) is 13.2 Å². The van der Waals surface area contributed by atoms with Gasteiger partial charge in [0.15, 0.2) is 0 Å². The average Bonchev–Trinajstić information content (AvgIpc) is 2.62. The molecule has 2 aromatic rings. The van der Waals surface area contributed by atoms with Gasteiger partial charge in [-0.3, -0.25) is 5.41 Å². The van der Waals surface area contributed by atoms with Gasteiger partial charge in [0.2, 0.25) is 0 Å². The lowest BCUT2D eigenvalue weighted by Gasteiger charge is -2.08. The second kappa shape index (κ2) is 9.35. The van der Waals surface area contributed by atoms with E-state index in [1.165, 1.54) is 6.21 Å². The summed E-state index contributed by atoms with van der Waals surface area (Å²) in [5.74, 6) is 1.69. The van der Waals surface area contributed by atoms with E-state index in [2.05, 4.69) is 0 Å². The Morgan fingerprint density at radius 2 is 1.33 bits per heavy atom. The number of nitrogens with one attached hydrogen (secondary N) is 2. The lowest BCUT2D eigenvalue weighted by Crippen LogP contribution is -2.10. The number of amidine groups is 1. The Morgan fingerprint density at radius 1 is 0.833 bits per heavy atom. The normalized spacial score (nSPS) is 10.2. The molecule has 0 aliphatic carbocycles. The summed E-state index contributed by atoms with van der Waals surface area (Å²) in [6.45, 7) is 1.34. The van der Waals surface area contributed by atoms with Crippen LogP contribution in [0.25, 0.3) is 0 Å². The fourth-order valence-corrected chi connectivity index (χ4v) is 2.15. The van der Waals surface area contributed by atoms with Gasteiger partial charge in [-0.25, -0.2) is 0 Å². The molecule has 0 aliphatic heterocycles. The van der Waals surface area contributed by atoms with Crippen LogP contribution in [0.5, 0.6) is 11.5 Å². The van der Waals surface area contributed by atoms with Crippen molar-refractivity contribution in [3.8, 4) is 11.5 Å². The SMILES string of the molecule is N=Cc1ccc(OCCCCCOc2ccc(C(=N)N)cc2)cc1. The first kappa shape index (κ1) is 17.5. The Labute approximate surface area is 142 Å². The second-order valence-electron chi connectivity index (χ2n) is 5.41. The maximum Gasteiger partial charge on any atom is 0.122 e. The highest BCUT2D eigenvalue weighted by Gasteiger charge is 1.98. The Hall–Kier alpha value is -2.82. The number of benzene rings is 2. The van der Waals surface area contributed by atoms with E-state index in [1.54, 1.807) is 12.1 Å². The Balaban J connectivity index is 1.56. The molecule has 0 aliphatic rings. The molecule has 24 heavy (non-hydrogen) atoms. The van der Waals surface area contributed by atoms with Crippen LogP contribution >= 0.6 is 0 Å². The number of ether oxygens (including phenoxy) is 2. The van der Waals surface area contributed by atoms with E-state index < -0.39 is 0 Å². The van der Waals surface area contributed by atoms with Gasteiger partial charge in [0.25, 0.3) is 0 Å². The molecule has 0 fully saturated rings. The molecular formula is C19H23N3O2. The highest BCUT2D eigenvalue weighted by atomic mass is 16.5. The van der Waals surface area contributed by atoms with E-state index in [4.69, 9.17) is 26.0 Å². The van der Waals surface area contributed by atoms with Crippen molar-refractivity contribution in [3.05, 3.63) is 59.7 Å². The van der Waals surface area contributed by atoms with Crippen LogP contribution in [0.2, 0.25) is 0 Å². The molecule has 5 nitrogen and oxygen atoms in total. The minimum atomic E-state index is 0.0639. The predicted octanol–water partition coefficient (Wildman–Crippen LogP) is 3.60. The van der Waals surface area contributed by atoms with Crippen molar-refractivity contribution in [2.45, 2.75) is 19.3 Å². The van der Waals surface area contributed by atoms with Crippen molar-refractivity contribution >= 4 is 12.1 Å². The average molecular weight is 325 g/mol. The maximum absolute atomic E-state index is 7.34. The number of hydrogen-bond acceptors (Lipinski definition) is 4. The van der Waals surface area contributed by atoms with E-state index in [9.17, 15) is 0 Å². The number of rotatable bonds is 10. The molecule has 0 heterocycles. The fourth-order valence-electron chi connectivity index (χ4n) is 2.15. The number of unbranched alkanes of at least 4 members (excludes halogenated alkanes) is 2. The molecule has 126 valence electrons. The van der Waals surface area contributed by atoms with Crippen molar-refractivity contribution in [3.63, 3.8) is 0 Å². The lowest BCUT2D eigenvalue weighted by atomic mass is 10.2. The van der Waals surface area contributed by atoms with Crippen LogP contribution in [0.3, 0.4) is 0 Å². The van der Waals surface area contributed by atoms with E-state index in [0.717, 1.165) is 36.3 Å². The molecule has 0 spiro atoms. The fraction of sp³-hybridized carbons (Fsp3) is 0.263. The van der Waals surface area contributed by atoms with Crippen LogP contribution in [-0.4, -0.2) is 25.3 Å². The van der Waals surface area contributed by atoms with Crippen LogP contribution in [0.15, 0.2) is 48.5 Å². The first-order chi connectivity index (χ1) is 11.7. The molecule has 2 aromatic carbocycles. The van der Waals surface area contributed by atoms with Crippen LogP contribution in [-0.2, 0) is 0 Å². The van der Waals surface area contributed by atoms with E-state index >= 15 is 0 Å². The molecule has 0 amide bonds. The monoisotopic (exact) mass is 325 g/mol. The summed E-state index contributed by atoms with van der Waals surface area (Å²) in [7, 11) is 0. The van der Waals surface area contributed by atoms with Gasteiger partial charge < -0.3 is 20.6 Å². The van der Waals surface area contributed by atoms with Crippen molar-refractivity contribution in [1.82, 2.24) is 0 Å². The van der Waals surface area contributed by atoms with Crippen LogP contribution in [0, 0.1) is 10.8 Å². The van der Waals surface area contributed by atoms with Crippen molar-refractivity contribution in [2.75, 3.05) is 13.2 Å². The van der Waals surface area contributed by atoms with Crippen molar-refractivity contribution in [2.24, 2.45) is 5.73 Å². The molecule has 0 atom stereocenters. The zero-order chi connectivity index (χ0) is 17.2. The summed E-state index contributed by atoms with van der Waals surface area (Å²) in [6, 6.07) is 14.7. The summed E-state index contributed by atoms with van der Waals surface area (Å²) in [6.07, 6.45) is 4.28. The highest BCUT2D eigenvalue weighted by molar-refractivity contribution is 5.94. The molecule has 5 heteroatoms. The molecule has 0 saturated carbocycles. The van der Waals surface area contributed by atoms with Gasteiger partial charge in [0, 0.05) is 11.8 Å². The third kappa shape index (κ3) is 5.76. The van der Waals surface area contributed by atoms with Gasteiger partial charge >= 0.3 is 0 Å². The van der Waals surface area contributed by atoms with Gasteiger partial charge in [-0.05, 0) is 73.4 Å². The molecule has 2 rings (SSSR count). The van der Waals surface area contributed by atoms with Gasteiger partial charge in [0.1, 0.15) is 17.3 Å². The predicted molar refractivity (Wildman–Crippen MR) is 96.6 cm³/mol. The molecular weight excluding hydrogens is 302 g/mol. The summed E-state index contributed by atoms with van der Waals surface area (Å²) in [5.41, 5.74) is 6.98. The second-order valence-corrected chi connectivity index (χ2v) is 5.41. The van der Waals surface area contributed by atoms with Crippen LogP contribution < -0.4 is 15.2 Å². The zero-order valence-corrected chi connectivity index (χ0v) is 13.6. The lowest BCUT2D eigenvalue weighted by molar-refractivity contribution is 0.279. The van der Waals surface area contributed by atoms with Gasteiger partial charge in [-0.1, -0.05) is 0 Å². The molecule has 4 N–H and O–H groups in total. The minimum absolute atomic E-state index is 0.0639. The Kier molecular flexibility index (Phi) is 6.83. The number of nitrogens with two attached hydrogens (primary N) is 1. The molecule has 0 aromatic heterocycles. The largest absolute Gasteiger partial charge is 0.494 e. The highest BCUT2D eigenvalue weighted by Crippen LogP contribution is 2.13. The molecule has 0 saturated heterocycles. The topological polar surface area (TPSA) is 92.2 Å². The Morgan fingerprint density at radius 3 is 1.79 bits per heavy atom. The summed E-state index contributed by atoms with van der Waals surface area (Å²) < 4.78 is 11.3. The van der Waals surface area contributed by atoms with Crippen LogP contribution in [0.4, 0.5) is 0 Å². The van der Waals surface area contributed by atoms with E-state index in [1.807, 2.05) is 36.4 Å². The van der Waals surface area contributed by atoms with Crippen LogP contribution in [0.1, 0.15) is 30.4 Å². The standard InChI is InChI=1S/C19H23N3O2/c20-14-15-4-8-17(9-5-15)23-12-2-1-3-13-24-18-10-6-16(7-11-18)19(21)22/h4-11,14,20H,1-3,12-13H2,(H3,21,22). The third-order valence-corrected chi connectivity index (χ3v) is 3.54. The van der Waals surface area contributed by atoms with E-state index in [-0.39, 0.29) is 5.84 Å². The Bertz CT molecular complexity index is 651. The number of hydrogen-bond donors (Lipinski definition) is 3. The van der Waals surface area contributed by atoms with Crippen molar-refractivity contribution < 1.29 is 9.47 Å². The third-order valence-electron chi connectivity index (χ3n) is 3.54. The summed E-state index contributed by atoms with van der Waals surface area (Å²) >= 11 is 0.